The van der Waals surface area contributed by atoms with Crippen molar-refractivity contribution < 1.29 is 4.79 Å². The van der Waals surface area contributed by atoms with Gasteiger partial charge >= 0.3 is 0 Å². The third-order valence-electron chi connectivity index (χ3n) is 2.45. The van der Waals surface area contributed by atoms with Crippen molar-refractivity contribution in [1.82, 2.24) is 0 Å². The molecule has 0 fully saturated rings. The van der Waals surface area contributed by atoms with Crippen molar-refractivity contribution >= 4 is 29.4 Å². The lowest BCUT2D eigenvalue weighted by Crippen LogP contribution is -1.81. The van der Waals surface area contributed by atoms with Gasteiger partial charge < -0.3 is 0 Å². The molecule has 0 radical (unpaired) electrons. The number of thiophene rings is 1. The van der Waals surface area contributed by atoms with E-state index in [1.807, 2.05) is 6.92 Å². The molecule has 1 rings (SSSR count). The van der Waals surface area contributed by atoms with Crippen LogP contribution >= 0.6 is 23.1 Å². The molecule has 1 nitrogen and oxygen atoms in total. The van der Waals surface area contributed by atoms with Gasteiger partial charge in [0.1, 0.15) is 0 Å². The molecule has 0 aliphatic rings. The smallest absolute Gasteiger partial charge is 0.160 e. The van der Waals surface area contributed by atoms with Crippen molar-refractivity contribution in [3.63, 3.8) is 0 Å². The van der Waals surface area contributed by atoms with Crippen LogP contribution < -0.4 is 0 Å². The highest BCUT2D eigenvalue weighted by molar-refractivity contribution is 8.04. The predicted molar refractivity (Wildman–Crippen MR) is 83.5 cm³/mol. The Balaban J connectivity index is 2.49. The zero-order valence-corrected chi connectivity index (χ0v) is 13.1. The van der Waals surface area contributed by atoms with Gasteiger partial charge in [-0.2, -0.15) is 0 Å². The maximum Gasteiger partial charge on any atom is 0.160 e. The molecule has 0 bridgehead atoms. The summed E-state index contributed by atoms with van der Waals surface area (Å²) >= 11 is 3.36. The van der Waals surface area contributed by atoms with Crippen molar-refractivity contribution in [3.8, 4) is 0 Å². The van der Waals surface area contributed by atoms with E-state index in [0.717, 1.165) is 29.6 Å². The number of hydrogen-bond acceptors (Lipinski definition) is 3. The monoisotopic (exact) mass is 280 g/mol. The third kappa shape index (κ3) is 5.23. The van der Waals surface area contributed by atoms with Crippen LogP contribution in [0, 0.1) is 6.92 Å². The molecule has 0 saturated carbocycles. The molecule has 0 saturated heterocycles. The molecule has 3 heteroatoms. The number of rotatable bonds is 6. The lowest BCUT2D eigenvalue weighted by atomic mass is 10.1. The van der Waals surface area contributed by atoms with Gasteiger partial charge in [-0.1, -0.05) is 11.1 Å². The van der Waals surface area contributed by atoms with Crippen LogP contribution in [-0.2, 0) is 6.42 Å². The first-order valence-electron chi connectivity index (χ1n) is 6.02. The number of allylic oxidation sites excluding steroid dienone is 2. The van der Waals surface area contributed by atoms with Gasteiger partial charge in [0.25, 0.3) is 0 Å². The van der Waals surface area contributed by atoms with E-state index in [4.69, 9.17) is 0 Å². The molecule has 0 spiro atoms. The zero-order chi connectivity index (χ0) is 13.5. The summed E-state index contributed by atoms with van der Waals surface area (Å²) in [5.41, 5.74) is 3.82. The van der Waals surface area contributed by atoms with E-state index >= 15 is 0 Å². The molecule has 0 aromatic carbocycles. The van der Waals surface area contributed by atoms with Crippen molar-refractivity contribution in [2.45, 2.75) is 40.5 Å². The second-order valence-corrected chi connectivity index (χ2v) is 6.59. The molecule has 1 aromatic rings. The minimum atomic E-state index is 0.866. The summed E-state index contributed by atoms with van der Waals surface area (Å²) in [6.45, 7) is 8.36. The molecule has 1 heterocycles. The topological polar surface area (TPSA) is 17.1 Å². The Kier molecular flexibility index (Phi) is 6.44. The van der Waals surface area contributed by atoms with E-state index in [1.54, 1.807) is 23.1 Å². The zero-order valence-electron chi connectivity index (χ0n) is 11.4. The highest BCUT2D eigenvalue weighted by Crippen LogP contribution is 2.23. The second-order valence-electron chi connectivity index (χ2n) is 4.67. The first-order valence-corrected chi connectivity index (χ1v) is 7.78. The number of carbonyl (C=O) groups is 1. The van der Waals surface area contributed by atoms with Gasteiger partial charge in [0.15, 0.2) is 6.29 Å². The molecule has 0 unspecified atom stereocenters. The number of hydrogen-bond donors (Lipinski definition) is 0. The van der Waals surface area contributed by atoms with Gasteiger partial charge in [0, 0.05) is 4.88 Å². The Bertz CT molecular complexity index is 463. The molecule has 0 aliphatic carbocycles. The molecular formula is C15H20OS2. The van der Waals surface area contributed by atoms with Crippen LogP contribution in [0.1, 0.15) is 47.3 Å². The summed E-state index contributed by atoms with van der Waals surface area (Å²) in [5.74, 6) is 0. The van der Waals surface area contributed by atoms with Crippen molar-refractivity contribution in [2.24, 2.45) is 0 Å². The lowest BCUT2D eigenvalue weighted by Gasteiger charge is -1.98. The van der Waals surface area contributed by atoms with Crippen molar-refractivity contribution in [2.75, 3.05) is 0 Å². The first-order chi connectivity index (χ1) is 8.52. The van der Waals surface area contributed by atoms with Gasteiger partial charge in [0.2, 0.25) is 0 Å². The molecule has 98 valence electrons. The SMILES string of the molecule is CC(C)=CS/C=C(\C)CCc1cc(C)c(C=O)s1. The van der Waals surface area contributed by atoms with Crippen LogP contribution in [0.15, 0.2) is 28.0 Å². The molecular weight excluding hydrogens is 260 g/mol. The predicted octanol–water partition coefficient (Wildman–Crippen LogP) is 5.36. The van der Waals surface area contributed by atoms with Crippen LogP contribution in [0.25, 0.3) is 0 Å². The summed E-state index contributed by atoms with van der Waals surface area (Å²) in [6, 6.07) is 2.13. The summed E-state index contributed by atoms with van der Waals surface area (Å²) in [7, 11) is 0. The fraction of sp³-hybridized carbons (Fsp3) is 0.400. The highest BCUT2D eigenvalue weighted by Gasteiger charge is 2.04. The van der Waals surface area contributed by atoms with Gasteiger partial charge in [-0.25, -0.2) is 0 Å². The fourth-order valence-electron chi connectivity index (χ4n) is 1.47. The average Bonchev–Trinajstić information content (AvgIpc) is 2.66. The largest absolute Gasteiger partial charge is 0.297 e. The summed E-state index contributed by atoms with van der Waals surface area (Å²) in [4.78, 5) is 12.9. The first kappa shape index (κ1) is 15.3. The Labute approximate surface area is 118 Å². The highest BCUT2D eigenvalue weighted by atomic mass is 32.2. The molecule has 0 amide bonds. The minimum absolute atomic E-state index is 0.866. The number of aldehydes is 1. The lowest BCUT2D eigenvalue weighted by molar-refractivity contribution is 0.112. The quantitative estimate of drug-likeness (QED) is 0.652. The molecule has 1 aromatic heterocycles. The maximum atomic E-state index is 10.8. The van der Waals surface area contributed by atoms with Crippen molar-refractivity contribution in [1.29, 1.82) is 0 Å². The van der Waals surface area contributed by atoms with Crippen LogP contribution in [0.3, 0.4) is 0 Å². The summed E-state index contributed by atoms with van der Waals surface area (Å²) in [5, 5.41) is 4.36. The molecule has 0 atom stereocenters. The molecule has 0 N–H and O–H groups in total. The number of carbonyl (C=O) groups excluding carboxylic acids is 1. The summed E-state index contributed by atoms with van der Waals surface area (Å²) < 4.78 is 0. The van der Waals surface area contributed by atoms with E-state index in [2.05, 4.69) is 37.7 Å². The molecule has 18 heavy (non-hydrogen) atoms. The number of aryl methyl sites for hydroxylation is 2. The van der Waals surface area contributed by atoms with Gasteiger partial charge in [-0.3, -0.25) is 4.79 Å². The maximum absolute atomic E-state index is 10.8. The van der Waals surface area contributed by atoms with Gasteiger partial charge in [-0.15, -0.1) is 23.1 Å². The normalized spacial score (nSPS) is 11.4. The second kappa shape index (κ2) is 7.59. The van der Waals surface area contributed by atoms with Crippen LogP contribution in [0.4, 0.5) is 0 Å². The fourth-order valence-corrected chi connectivity index (χ4v) is 3.15. The van der Waals surface area contributed by atoms with E-state index in [1.165, 1.54) is 16.0 Å². The van der Waals surface area contributed by atoms with Crippen LogP contribution in [-0.4, -0.2) is 6.29 Å². The third-order valence-corrected chi connectivity index (χ3v) is 4.82. The number of thioether (sulfide) groups is 1. The Morgan fingerprint density at radius 3 is 2.61 bits per heavy atom. The minimum Gasteiger partial charge on any atom is -0.297 e. The van der Waals surface area contributed by atoms with Crippen LogP contribution in [0.2, 0.25) is 0 Å². The standard InChI is InChI=1S/C15H20OS2/c1-11(2)9-17-10-12(3)5-6-14-7-13(4)15(8-16)18-14/h7-10H,5-6H2,1-4H3/b12-10+. The van der Waals surface area contributed by atoms with E-state index < -0.39 is 0 Å². The summed E-state index contributed by atoms with van der Waals surface area (Å²) in [6.07, 6.45) is 3.04. The van der Waals surface area contributed by atoms with Gasteiger partial charge in [-0.05, 0) is 63.0 Å². The van der Waals surface area contributed by atoms with E-state index in [0.29, 0.717) is 0 Å². The van der Waals surface area contributed by atoms with Crippen molar-refractivity contribution in [3.05, 3.63) is 43.3 Å². The van der Waals surface area contributed by atoms with E-state index in [9.17, 15) is 4.79 Å². The Hall–Kier alpha value is -0.800. The molecule has 0 aliphatic heterocycles. The van der Waals surface area contributed by atoms with E-state index in [-0.39, 0.29) is 0 Å². The average molecular weight is 280 g/mol. The Morgan fingerprint density at radius 2 is 2.06 bits per heavy atom. The van der Waals surface area contributed by atoms with Crippen LogP contribution in [0.5, 0.6) is 0 Å². The Morgan fingerprint density at radius 1 is 1.33 bits per heavy atom. The van der Waals surface area contributed by atoms with Gasteiger partial charge in [0.05, 0.1) is 4.88 Å².